The van der Waals surface area contributed by atoms with Crippen LogP contribution in [-0.4, -0.2) is 50.4 Å². The van der Waals surface area contributed by atoms with E-state index in [0.29, 0.717) is 56.9 Å². The van der Waals surface area contributed by atoms with Crippen LogP contribution in [0.15, 0.2) is 78.9 Å². The second-order valence-electron chi connectivity index (χ2n) is 10.8. The zero-order valence-corrected chi connectivity index (χ0v) is 24.0. The van der Waals surface area contributed by atoms with E-state index in [1.165, 1.54) is 0 Å². The molecule has 43 heavy (non-hydrogen) atoms. The highest BCUT2D eigenvalue weighted by molar-refractivity contribution is 5.77. The first-order chi connectivity index (χ1) is 21.1. The van der Waals surface area contributed by atoms with Crippen molar-refractivity contribution in [3.05, 3.63) is 113 Å². The molecule has 220 valence electrons. The van der Waals surface area contributed by atoms with Gasteiger partial charge in [-0.2, -0.15) is 5.21 Å². The number of rotatable bonds is 12. The highest BCUT2D eigenvalue weighted by atomic mass is 16.5. The molecule has 0 aliphatic carbocycles. The number of aryl methyl sites for hydroxylation is 1. The van der Waals surface area contributed by atoms with Crippen LogP contribution >= 0.6 is 0 Å². The number of benzene rings is 3. The molecular formula is C33H35N7O3. The minimum atomic E-state index is -0.423. The Morgan fingerprint density at radius 2 is 1.70 bits per heavy atom. The molecule has 0 radical (unpaired) electrons. The standard InChI is InChI=1S/C33H35N7O3/c1-34-28-12-7-24(8-13-28)11-16-32(42)40-19-17-26(18-20-40)22-31(41)35-30(33-36-38-39-37-33)21-25-9-14-29(15-10-25)43-23-27-5-3-2-4-6-27/h2-10,12-15,26,30H,11,16-23H2,(H,35,41)(H,36,37,38,39). The fourth-order valence-corrected chi connectivity index (χ4v) is 5.27. The molecule has 2 amide bonds. The van der Waals surface area contributed by atoms with Crippen LogP contribution in [0.2, 0.25) is 0 Å². The molecule has 1 aromatic heterocycles. The molecule has 1 atom stereocenters. The number of ether oxygens (including phenoxy) is 1. The second kappa shape index (κ2) is 14.7. The summed E-state index contributed by atoms with van der Waals surface area (Å²) in [5.74, 6) is 1.47. The van der Waals surface area contributed by atoms with Crippen LogP contribution in [0.3, 0.4) is 0 Å². The monoisotopic (exact) mass is 577 g/mol. The number of piperidine rings is 1. The fraction of sp³-hybridized carbons (Fsp3) is 0.333. The minimum absolute atomic E-state index is 0.0646. The van der Waals surface area contributed by atoms with Crippen LogP contribution < -0.4 is 10.1 Å². The molecule has 0 spiro atoms. The summed E-state index contributed by atoms with van der Waals surface area (Å²) in [6.45, 7) is 8.85. The van der Waals surface area contributed by atoms with Crippen molar-refractivity contribution in [3.63, 3.8) is 0 Å². The molecular weight excluding hydrogens is 542 g/mol. The molecule has 0 bridgehead atoms. The van der Waals surface area contributed by atoms with Gasteiger partial charge in [0, 0.05) is 32.4 Å². The minimum Gasteiger partial charge on any atom is -0.489 e. The van der Waals surface area contributed by atoms with Crippen LogP contribution in [0.1, 0.15) is 54.2 Å². The predicted molar refractivity (Wildman–Crippen MR) is 161 cm³/mol. The molecule has 2 N–H and O–H groups in total. The van der Waals surface area contributed by atoms with Gasteiger partial charge in [-0.3, -0.25) is 9.59 Å². The highest BCUT2D eigenvalue weighted by Crippen LogP contribution is 2.24. The van der Waals surface area contributed by atoms with Crippen LogP contribution in [0.25, 0.3) is 4.85 Å². The summed E-state index contributed by atoms with van der Waals surface area (Å²) < 4.78 is 5.89. The maximum absolute atomic E-state index is 13.1. The van der Waals surface area contributed by atoms with Gasteiger partial charge in [-0.25, -0.2) is 4.85 Å². The predicted octanol–water partition coefficient (Wildman–Crippen LogP) is 4.99. The van der Waals surface area contributed by atoms with Crippen LogP contribution in [0, 0.1) is 12.5 Å². The van der Waals surface area contributed by atoms with Crippen molar-refractivity contribution >= 4 is 17.5 Å². The molecule has 4 aromatic rings. The lowest BCUT2D eigenvalue weighted by atomic mass is 9.92. The number of H-pyrrole nitrogens is 1. The quantitative estimate of drug-likeness (QED) is 0.229. The van der Waals surface area contributed by atoms with Crippen molar-refractivity contribution in [3.8, 4) is 5.75 Å². The zero-order valence-electron chi connectivity index (χ0n) is 24.0. The van der Waals surface area contributed by atoms with E-state index >= 15 is 0 Å². The van der Waals surface area contributed by atoms with E-state index in [1.807, 2.05) is 71.6 Å². The Morgan fingerprint density at radius 3 is 2.37 bits per heavy atom. The van der Waals surface area contributed by atoms with Crippen LogP contribution in [0.5, 0.6) is 5.75 Å². The number of amides is 2. The Labute approximate surface area is 251 Å². The summed E-state index contributed by atoms with van der Waals surface area (Å²) in [5.41, 5.74) is 3.76. The SMILES string of the molecule is [C-]#[N+]c1ccc(CCC(=O)N2CCC(CC(=O)NC(Cc3ccc(OCc4ccccc4)cc3)c3nn[nH]n3)CC2)cc1. The van der Waals surface area contributed by atoms with E-state index in [2.05, 4.69) is 30.8 Å². The molecule has 1 saturated heterocycles. The van der Waals surface area contributed by atoms with Gasteiger partial charge in [0.15, 0.2) is 11.5 Å². The number of hydrogen-bond donors (Lipinski definition) is 2. The Morgan fingerprint density at radius 1 is 0.977 bits per heavy atom. The largest absolute Gasteiger partial charge is 0.489 e. The van der Waals surface area contributed by atoms with E-state index in [4.69, 9.17) is 11.3 Å². The summed E-state index contributed by atoms with van der Waals surface area (Å²) in [7, 11) is 0. The van der Waals surface area contributed by atoms with Crippen molar-refractivity contribution < 1.29 is 14.3 Å². The Kier molecular flexibility index (Phi) is 10.1. The zero-order chi connectivity index (χ0) is 29.9. The molecule has 1 aliphatic rings. The fourth-order valence-electron chi connectivity index (χ4n) is 5.27. The number of likely N-dealkylation sites (tertiary alicyclic amines) is 1. The molecule has 5 rings (SSSR count). The van der Waals surface area contributed by atoms with Crippen molar-refractivity contribution in [2.24, 2.45) is 5.92 Å². The van der Waals surface area contributed by atoms with Gasteiger partial charge in [-0.1, -0.05) is 77.5 Å². The van der Waals surface area contributed by atoms with Crippen molar-refractivity contribution in [1.29, 1.82) is 0 Å². The molecule has 1 unspecified atom stereocenters. The van der Waals surface area contributed by atoms with Crippen molar-refractivity contribution in [1.82, 2.24) is 30.8 Å². The van der Waals surface area contributed by atoms with E-state index in [-0.39, 0.29) is 17.7 Å². The lowest BCUT2D eigenvalue weighted by Gasteiger charge is -2.32. The van der Waals surface area contributed by atoms with Crippen molar-refractivity contribution in [2.45, 2.75) is 51.2 Å². The third-order valence-corrected chi connectivity index (χ3v) is 7.75. The third kappa shape index (κ3) is 8.72. The molecule has 2 heterocycles. The Bertz CT molecular complexity index is 1490. The summed E-state index contributed by atoms with van der Waals surface area (Å²) in [6, 6.07) is 24.8. The smallest absolute Gasteiger partial charge is 0.222 e. The summed E-state index contributed by atoms with van der Waals surface area (Å²) in [4.78, 5) is 31.2. The van der Waals surface area contributed by atoms with E-state index in [0.717, 1.165) is 35.3 Å². The van der Waals surface area contributed by atoms with E-state index in [9.17, 15) is 9.59 Å². The Balaban J connectivity index is 1.07. The van der Waals surface area contributed by atoms with E-state index < -0.39 is 6.04 Å². The molecule has 10 nitrogen and oxygen atoms in total. The average molecular weight is 578 g/mol. The van der Waals surface area contributed by atoms with Gasteiger partial charge >= 0.3 is 0 Å². The van der Waals surface area contributed by atoms with Crippen LogP contribution in [-0.2, 0) is 29.0 Å². The molecule has 1 fully saturated rings. The maximum atomic E-state index is 13.1. The average Bonchev–Trinajstić information content (AvgIpc) is 3.59. The number of aromatic amines is 1. The first-order valence-electron chi connectivity index (χ1n) is 14.6. The van der Waals surface area contributed by atoms with Gasteiger partial charge in [-0.05, 0) is 48.4 Å². The molecule has 3 aromatic carbocycles. The number of carbonyl (C=O) groups is 2. The van der Waals surface area contributed by atoms with E-state index in [1.54, 1.807) is 12.1 Å². The van der Waals surface area contributed by atoms with Gasteiger partial charge in [-0.15, -0.1) is 10.2 Å². The van der Waals surface area contributed by atoms with Crippen LogP contribution in [0.4, 0.5) is 5.69 Å². The molecule has 1 aliphatic heterocycles. The first kappa shape index (κ1) is 29.5. The lowest BCUT2D eigenvalue weighted by Crippen LogP contribution is -2.40. The number of tetrazole rings is 1. The summed E-state index contributed by atoms with van der Waals surface area (Å²) in [6.07, 6.45) is 3.57. The summed E-state index contributed by atoms with van der Waals surface area (Å²) in [5, 5.41) is 17.5. The Hall–Kier alpha value is -5.04. The topological polar surface area (TPSA) is 117 Å². The van der Waals surface area contributed by atoms with Gasteiger partial charge in [0.2, 0.25) is 11.8 Å². The highest BCUT2D eigenvalue weighted by Gasteiger charge is 2.26. The summed E-state index contributed by atoms with van der Waals surface area (Å²) >= 11 is 0. The van der Waals surface area contributed by atoms with Gasteiger partial charge in [0.05, 0.1) is 12.6 Å². The van der Waals surface area contributed by atoms with Crippen molar-refractivity contribution in [2.75, 3.05) is 13.1 Å². The first-order valence-corrected chi connectivity index (χ1v) is 14.6. The third-order valence-electron chi connectivity index (χ3n) is 7.75. The van der Waals surface area contributed by atoms with Gasteiger partial charge in [0.1, 0.15) is 12.4 Å². The van der Waals surface area contributed by atoms with Gasteiger partial charge < -0.3 is 15.0 Å². The number of carbonyl (C=O) groups excluding carboxylic acids is 2. The lowest BCUT2D eigenvalue weighted by molar-refractivity contribution is -0.132. The number of hydrogen-bond acceptors (Lipinski definition) is 6. The number of nitrogens with zero attached hydrogens (tertiary/aromatic N) is 5. The number of aromatic nitrogens is 4. The maximum Gasteiger partial charge on any atom is 0.222 e. The number of nitrogens with one attached hydrogen (secondary N) is 2. The second-order valence-corrected chi connectivity index (χ2v) is 10.8. The normalized spacial score (nSPS) is 14.1. The van der Waals surface area contributed by atoms with Gasteiger partial charge in [0.25, 0.3) is 0 Å². The molecule has 10 heteroatoms. The molecule has 0 saturated carbocycles.